The molecular weight excluding hydrogens is 669 g/mol. The van der Waals surface area contributed by atoms with Gasteiger partial charge in [-0.2, -0.15) is 4.68 Å². The highest BCUT2D eigenvalue weighted by molar-refractivity contribution is 7.99. The minimum absolute atomic E-state index is 0.0170. The van der Waals surface area contributed by atoms with E-state index in [4.69, 9.17) is 14.2 Å². The average molecular weight is 709 g/mol. The Bertz CT molecular complexity index is 1910. The van der Waals surface area contributed by atoms with Crippen molar-refractivity contribution in [1.82, 2.24) is 30.8 Å². The zero-order valence-corrected chi connectivity index (χ0v) is 29.2. The predicted octanol–water partition coefficient (Wildman–Crippen LogP) is 5.77. The smallest absolute Gasteiger partial charge is 0.325 e. The van der Waals surface area contributed by atoms with Gasteiger partial charge in [0.25, 0.3) is 0 Å². The third-order valence-corrected chi connectivity index (χ3v) is 9.52. The summed E-state index contributed by atoms with van der Waals surface area (Å²) in [6.45, 7) is 4.14. The van der Waals surface area contributed by atoms with Crippen molar-refractivity contribution in [3.8, 4) is 16.8 Å². The van der Waals surface area contributed by atoms with Crippen LogP contribution in [0.1, 0.15) is 48.5 Å². The number of ether oxygens (including phenoxy) is 3. The molecule has 0 bridgehead atoms. The van der Waals surface area contributed by atoms with Gasteiger partial charge in [-0.05, 0) is 69.4 Å². The molecule has 4 aromatic carbocycles. The van der Waals surface area contributed by atoms with E-state index in [1.807, 2.05) is 97.1 Å². The molecule has 3 N–H and O–H groups in total. The van der Waals surface area contributed by atoms with Crippen LogP contribution < -0.4 is 10.6 Å². The van der Waals surface area contributed by atoms with Gasteiger partial charge in [0.1, 0.15) is 6.54 Å². The number of aromatic nitrogens is 4. The second-order valence-corrected chi connectivity index (χ2v) is 13.0. The van der Waals surface area contributed by atoms with Gasteiger partial charge in [-0.15, -0.1) is 5.10 Å². The Morgan fingerprint density at radius 2 is 1.65 bits per heavy atom. The van der Waals surface area contributed by atoms with Crippen LogP contribution in [0.15, 0.2) is 108 Å². The number of carbonyl (C=O) groups excluding carboxylic acids is 2. The van der Waals surface area contributed by atoms with E-state index in [2.05, 4.69) is 39.1 Å². The molecule has 2 heterocycles. The molecule has 0 saturated carbocycles. The van der Waals surface area contributed by atoms with Gasteiger partial charge in [0.05, 0.1) is 31.1 Å². The highest BCUT2D eigenvalue weighted by Crippen LogP contribution is 2.43. The number of urea groups is 1. The second-order valence-electron chi connectivity index (χ2n) is 12.0. The summed E-state index contributed by atoms with van der Waals surface area (Å²) in [4.78, 5) is 23.8. The second kappa shape index (κ2) is 17.2. The van der Waals surface area contributed by atoms with Crippen molar-refractivity contribution in [3.05, 3.63) is 125 Å². The first kappa shape index (κ1) is 35.7. The van der Waals surface area contributed by atoms with Crippen LogP contribution >= 0.6 is 11.8 Å². The quantitative estimate of drug-likeness (QED) is 0.102. The molecule has 1 saturated heterocycles. The number of hydrogen-bond donors (Lipinski definition) is 3. The van der Waals surface area contributed by atoms with E-state index in [0.29, 0.717) is 10.9 Å². The van der Waals surface area contributed by atoms with Crippen molar-refractivity contribution in [2.45, 2.75) is 50.7 Å². The van der Waals surface area contributed by atoms with Crippen molar-refractivity contribution < 1.29 is 28.9 Å². The lowest BCUT2D eigenvalue weighted by molar-refractivity contribution is -0.268. The Morgan fingerprint density at radius 3 is 2.41 bits per heavy atom. The number of thioether (sulfide) groups is 1. The molecule has 13 heteroatoms. The Kier molecular flexibility index (Phi) is 12.1. The fourth-order valence-corrected chi connectivity index (χ4v) is 6.86. The third kappa shape index (κ3) is 9.18. The van der Waals surface area contributed by atoms with Gasteiger partial charge in [-0.3, -0.25) is 4.79 Å². The molecule has 0 aliphatic carbocycles. The fourth-order valence-electron chi connectivity index (χ4n) is 5.80. The van der Waals surface area contributed by atoms with Gasteiger partial charge < -0.3 is 30.0 Å². The summed E-state index contributed by atoms with van der Waals surface area (Å²) in [6, 6.07) is 33.1. The summed E-state index contributed by atoms with van der Waals surface area (Å²) >= 11 is 1.53. The third-order valence-electron chi connectivity index (χ3n) is 8.51. The summed E-state index contributed by atoms with van der Waals surface area (Å²) in [5, 5.41) is 28.0. The molecule has 4 atom stereocenters. The number of aliphatic hydroxyl groups excluding tert-OH is 1. The molecule has 1 aliphatic rings. The SMILES string of the molecule is CCOC(=O)CNC(=O)NCc1cccc(-c2cccc([C@H]3O[C@@H](CSc4nnnn4-c4ccccc4)[C@@H](C)[C@@H](c4ccc(CO)cc4)O3)c2)c1. The van der Waals surface area contributed by atoms with Gasteiger partial charge in [0.15, 0.2) is 6.29 Å². The molecule has 2 amide bonds. The van der Waals surface area contributed by atoms with E-state index < -0.39 is 18.3 Å². The number of benzene rings is 4. The number of tetrazole rings is 1. The lowest BCUT2D eigenvalue weighted by Gasteiger charge is -2.41. The monoisotopic (exact) mass is 708 g/mol. The van der Waals surface area contributed by atoms with Crippen molar-refractivity contribution >= 4 is 23.8 Å². The van der Waals surface area contributed by atoms with E-state index in [1.165, 1.54) is 11.8 Å². The predicted molar refractivity (Wildman–Crippen MR) is 192 cm³/mol. The number of hydrogen-bond acceptors (Lipinski definition) is 10. The normalized spacial score (nSPS) is 18.6. The van der Waals surface area contributed by atoms with Gasteiger partial charge in [0, 0.05) is 23.8 Å². The summed E-state index contributed by atoms with van der Waals surface area (Å²) in [6.07, 6.45) is -1.15. The van der Waals surface area contributed by atoms with Gasteiger partial charge in [0.2, 0.25) is 5.16 Å². The van der Waals surface area contributed by atoms with E-state index >= 15 is 0 Å². The molecular formula is C38H40N6O6S. The maximum atomic E-state index is 12.2. The molecule has 0 unspecified atom stereocenters. The fraction of sp³-hybridized carbons (Fsp3) is 0.289. The van der Waals surface area contributed by atoms with Crippen molar-refractivity contribution in [2.24, 2.45) is 5.92 Å². The molecule has 5 aromatic rings. The number of aliphatic hydroxyl groups is 1. The Balaban J connectivity index is 1.19. The summed E-state index contributed by atoms with van der Waals surface area (Å²) in [7, 11) is 0. The highest BCUT2D eigenvalue weighted by atomic mass is 32.2. The number of rotatable bonds is 13. The first-order chi connectivity index (χ1) is 24.9. The molecule has 264 valence electrons. The molecule has 1 fully saturated rings. The van der Waals surface area contributed by atoms with Gasteiger partial charge in [-0.1, -0.05) is 97.5 Å². The molecule has 12 nitrogen and oxygen atoms in total. The van der Waals surface area contributed by atoms with Crippen LogP contribution in [-0.4, -0.2) is 62.3 Å². The molecule has 0 spiro atoms. The van der Waals surface area contributed by atoms with Crippen molar-refractivity contribution in [1.29, 1.82) is 0 Å². The first-order valence-corrected chi connectivity index (χ1v) is 17.7. The van der Waals surface area contributed by atoms with Crippen LogP contribution in [0.4, 0.5) is 4.79 Å². The lowest BCUT2D eigenvalue weighted by atomic mass is 9.91. The average Bonchev–Trinajstić information content (AvgIpc) is 3.65. The number of amides is 2. The molecule has 51 heavy (non-hydrogen) atoms. The molecule has 0 radical (unpaired) electrons. The Hall–Kier alpha value is -5.08. The van der Waals surface area contributed by atoms with E-state index in [9.17, 15) is 14.7 Å². The van der Waals surface area contributed by atoms with Crippen LogP contribution in [-0.2, 0) is 32.2 Å². The number of para-hydroxylation sites is 1. The minimum Gasteiger partial charge on any atom is -0.465 e. The summed E-state index contributed by atoms with van der Waals surface area (Å²) in [5.41, 5.74) is 6.38. The molecule has 1 aliphatic heterocycles. The van der Waals surface area contributed by atoms with Crippen LogP contribution in [0.25, 0.3) is 16.8 Å². The lowest BCUT2D eigenvalue weighted by Crippen LogP contribution is -2.38. The number of esters is 1. The van der Waals surface area contributed by atoms with Crippen LogP contribution in [0, 0.1) is 5.92 Å². The minimum atomic E-state index is -0.660. The maximum absolute atomic E-state index is 12.2. The topological polar surface area (TPSA) is 150 Å². The number of carbonyl (C=O) groups is 2. The van der Waals surface area contributed by atoms with Crippen LogP contribution in [0.2, 0.25) is 0 Å². The van der Waals surface area contributed by atoms with Crippen molar-refractivity contribution in [2.75, 3.05) is 18.9 Å². The summed E-state index contributed by atoms with van der Waals surface area (Å²) in [5.74, 6) is 0.0778. The standard InChI is InChI=1S/C38H40N6O6S/c1-3-48-34(46)22-40-37(47)39-21-27-9-7-10-29(19-27)30-11-8-12-31(20-30)36-49-33(25(2)35(50-36)28-17-15-26(23-45)16-18-28)24-51-38-41-42-43-44(38)32-13-5-4-6-14-32/h4-20,25,33,35-36,45H,3,21-24H2,1-2H3,(H2,39,40,47)/t25-,33+,35+,36+/m1/s1. The van der Waals surface area contributed by atoms with E-state index in [-0.39, 0.29) is 44.4 Å². The van der Waals surface area contributed by atoms with Crippen LogP contribution in [0.5, 0.6) is 0 Å². The largest absolute Gasteiger partial charge is 0.465 e. The van der Waals surface area contributed by atoms with Crippen LogP contribution in [0.3, 0.4) is 0 Å². The Morgan fingerprint density at radius 1 is 0.882 bits per heavy atom. The highest BCUT2D eigenvalue weighted by Gasteiger charge is 2.38. The zero-order valence-electron chi connectivity index (χ0n) is 28.3. The number of nitrogens with zero attached hydrogens (tertiary/aromatic N) is 4. The molecule has 1 aromatic heterocycles. The van der Waals surface area contributed by atoms with E-state index in [0.717, 1.165) is 39.1 Å². The molecule has 6 rings (SSSR count). The van der Waals surface area contributed by atoms with E-state index in [1.54, 1.807) is 11.6 Å². The summed E-state index contributed by atoms with van der Waals surface area (Å²) < 4.78 is 20.0. The van der Waals surface area contributed by atoms with Gasteiger partial charge >= 0.3 is 12.0 Å². The van der Waals surface area contributed by atoms with Crippen molar-refractivity contribution in [3.63, 3.8) is 0 Å². The van der Waals surface area contributed by atoms with Gasteiger partial charge in [-0.25, -0.2) is 4.79 Å². The zero-order chi connectivity index (χ0) is 35.6. The Labute approximate surface area is 300 Å². The number of nitrogens with one attached hydrogen (secondary N) is 2. The maximum Gasteiger partial charge on any atom is 0.325 e. The first-order valence-electron chi connectivity index (χ1n) is 16.8.